The van der Waals surface area contributed by atoms with Crippen molar-refractivity contribution in [1.29, 1.82) is 0 Å². The van der Waals surface area contributed by atoms with Gasteiger partial charge in [-0.05, 0) is 24.5 Å². The van der Waals surface area contributed by atoms with Crippen LogP contribution in [0.15, 0.2) is 18.3 Å². The molecule has 0 bridgehead atoms. The number of hydrogen-bond donors (Lipinski definition) is 1. The molecule has 1 aromatic rings. The summed E-state index contributed by atoms with van der Waals surface area (Å²) in [6.07, 6.45) is 8.86. The van der Waals surface area contributed by atoms with Crippen molar-refractivity contribution in [3.63, 3.8) is 0 Å². The van der Waals surface area contributed by atoms with Gasteiger partial charge in [-0.2, -0.15) is 0 Å². The number of aromatic nitrogens is 1. The van der Waals surface area contributed by atoms with Gasteiger partial charge in [0.2, 0.25) is 0 Å². The number of carbonyl (C=O) groups is 2. The van der Waals surface area contributed by atoms with Gasteiger partial charge in [-0.3, -0.25) is 4.79 Å². The third kappa shape index (κ3) is 4.28. The number of carboxylic acids is 1. The first-order chi connectivity index (χ1) is 10.1. The highest BCUT2D eigenvalue weighted by Crippen LogP contribution is 2.26. The monoisotopic (exact) mass is 290 g/mol. The molecule has 1 N–H and O–H groups in total. The number of nitrogens with zero attached hydrogens (tertiary/aromatic N) is 2. The lowest BCUT2D eigenvalue weighted by atomic mass is 9.87. The van der Waals surface area contributed by atoms with E-state index in [4.69, 9.17) is 5.11 Å². The van der Waals surface area contributed by atoms with Gasteiger partial charge in [-0.1, -0.05) is 32.1 Å². The molecule has 5 nitrogen and oxygen atoms in total. The molecular formula is C16H22N2O3. The molecule has 1 aliphatic rings. The Bertz CT molecular complexity index is 510. The van der Waals surface area contributed by atoms with Crippen LogP contribution in [0.2, 0.25) is 0 Å². The number of carboxylic acid groups (broad SMARTS) is 1. The Kier molecular flexibility index (Phi) is 5.31. The zero-order valence-electron chi connectivity index (χ0n) is 12.4. The Morgan fingerprint density at radius 3 is 2.71 bits per heavy atom. The number of amides is 1. The van der Waals surface area contributed by atoms with E-state index in [1.54, 1.807) is 18.0 Å². The second-order valence-electron chi connectivity index (χ2n) is 5.75. The first-order valence-corrected chi connectivity index (χ1v) is 7.52. The molecule has 0 aromatic carbocycles. The summed E-state index contributed by atoms with van der Waals surface area (Å²) >= 11 is 0. The van der Waals surface area contributed by atoms with Crippen molar-refractivity contribution in [3.05, 3.63) is 29.6 Å². The van der Waals surface area contributed by atoms with Gasteiger partial charge in [0.25, 0.3) is 5.91 Å². The van der Waals surface area contributed by atoms with Gasteiger partial charge in [0.05, 0.1) is 0 Å². The maximum atomic E-state index is 12.3. The summed E-state index contributed by atoms with van der Waals surface area (Å²) in [7, 11) is 1.77. The molecule has 0 unspecified atom stereocenters. The van der Waals surface area contributed by atoms with Crippen LogP contribution >= 0.6 is 0 Å². The van der Waals surface area contributed by atoms with E-state index >= 15 is 0 Å². The highest BCUT2D eigenvalue weighted by Gasteiger charge is 2.17. The number of hydrogen-bond acceptors (Lipinski definition) is 3. The fourth-order valence-corrected chi connectivity index (χ4v) is 2.85. The van der Waals surface area contributed by atoms with E-state index in [2.05, 4.69) is 4.98 Å². The largest absolute Gasteiger partial charge is 0.477 e. The topological polar surface area (TPSA) is 70.5 Å². The average Bonchev–Trinajstić information content (AvgIpc) is 2.53. The first kappa shape index (κ1) is 15.5. The normalized spacial score (nSPS) is 15.7. The smallest absolute Gasteiger partial charge is 0.354 e. The van der Waals surface area contributed by atoms with Crippen molar-refractivity contribution >= 4 is 11.9 Å². The lowest BCUT2D eigenvalue weighted by Gasteiger charge is -2.24. The SMILES string of the molecule is CN(CCC1CCCCC1)C(=O)c1ccnc(C(=O)O)c1. The Morgan fingerprint density at radius 1 is 1.33 bits per heavy atom. The molecule has 1 saturated carbocycles. The summed E-state index contributed by atoms with van der Waals surface area (Å²) in [5.41, 5.74) is 0.287. The fourth-order valence-electron chi connectivity index (χ4n) is 2.85. The Labute approximate surface area is 125 Å². The van der Waals surface area contributed by atoms with Crippen molar-refractivity contribution in [1.82, 2.24) is 9.88 Å². The zero-order valence-corrected chi connectivity index (χ0v) is 12.4. The average molecular weight is 290 g/mol. The Hall–Kier alpha value is -1.91. The molecule has 1 amide bonds. The third-order valence-corrected chi connectivity index (χ3v) is 4.17. The van der Waals surface area contributed by atoms with Gasteiger partial charge in [-0.25, -0.2) is 9.78 Å². The van der Waals surface area contributed by atoms with E-state index in [-0.39, 0.29) is 11.6 Å². The van der Waals surface area contributed by atoms with E-state index < -0.39 is 5.97 Å². The molecule has 1 heterocycles. The molecule has 21 heavy (non-hydrogen) atoms. The molecule has 1 aliphatic carbocycles. The quantitative estimate of drug-likeness (QED) is 0.905. The molecule has 114 valence electrons. The molecule has 1 fully saturated rings. The zero-order chi connectivity index (χ0) is 15.2. The van der Waals surface area contributed by atoms with Crippen LogP contribution in [-0.2, 0) is 0 Å². The lowest BCUT2D eigenvalue weighted by Crippen LogP contribution is -2.29. The minimum Gasteiger partial charge on any atom is -0.477 e. The second-order valence-corrected chi connectivity index (χ2v) is 5.75. The van der Waals surface area contributed by atoms with Crippen LogP contribution in [0.3, 0.4) is 0 Å². The van der Waals surface area contributed by atoms with Gasteiger partial charge in [0.1, 0.15) is 5.69 Å². The number of carbonyl (C=O) groups excluding carboxylic acids is 1. The second kappa shape index (κ2) is 7.20. The maximum Gasteiger partial charge on any atom is 0.354 e. The van der Waals surface area contributed by atoms with E-state index in [9.17, 15) is 9.59 Å². The predicted octanol–water partition coefficient (Wildman–Crippen LogP) is 2.82. The Balaban J connectivity index is 1.92. The number of aromatic carboxylic acids is 1. The maximum absolute atomic E-state index is 12.3. The number of rotatable bonds is 5. The lowest BCUT2D eigenvalue weighted by molar-refractivity contribution is 0.0690. The molecule has 0 saturated heterocycles. The third-order valence-electron chi connectivity index (χ3n) is 4.17. The Morgan fingerprint density at radius 2 is 2.05 bits per heavy atom. The van der Waals surface area contributed by atoms with Crippen LogP contribution in [-0.4, -0.2) is 40.5 Å². The van der Waals surface area contributed by atoms with Crippen molar-refractivity contribution in [2.75, 3.05) is 13.6 Å². The van der Waals surface area contributed by atoms with Crippen LogP contribution in [0.25, 0.3) is 0 Å². The van der Waals surface area contributed by atoms with Crippen LogP contribution in [0.1, 0.15) is 59.4 Å². The highest BCUT2D eigenvalue weighted by molar-refractivity contribution is 5.96. The molecule has 2 rings (SSSR count). The summed E-state index contributed by atoms with van der Waals surface area (Å²) in [6.45, 7) is 0.716. The highest BCUT2D eigenvalue weighted by atomic mass is 16.4. The van der Waals surface area contributed by atoms with Gasteiger partial charge < -0.3 is 10.0 Å². The van der Waals surface area contributed by atoms with Crippen LogP contribution in [0.5, 0.6) is 0 Å². The van der Waals surface area contributed by atoms with Crippen molar-refractivity contribution in [3.8, 4) is 0 Å². The minimum atomic E-state index is -1.12. The summed E-state index contributed by atoms with van der Waals surface area (Å²) in [5.74, 6) is -0.536. The van der Waals surface area contributed by atoms with Crippen LogP contribution < -0.4 is 0 Å². The van der Waals surface area contributed by atoms with E-state index in [0.29, 0.717) is 12.1 Å². The van der Waals surface area contributed by atoms with Crippen LogP contribution in [0, 0.1) is 5.92 Å². The fraction of sp³-hybridized carbons (Fsp3) is 0.562. The molecule has 0 spiro atoms. The predicted molar refractivity (Wildman–Crippen MR) is 79.3 cm³/mol. The van der Waals surface area contributed by atoms with E-state index in [0.717, 1.165) is 12.3 Å². The number of pyridine rings is 1. The van der Waals surface area contributed by atoms with Crippen LogP contribution in [0.4, 0.5) is 0 Å². The summed E-state index contributed by atoms with van der Waals surface area (Å²) in [4.78, 5) is 28.6. The van der Waals surface area contributed by atoms with Gasteiger partial charge in [-0.15, -0.1) is 0 Å². The van der Waals surface area contributed by atoms with Crippen molar-refractivity contribution in [2.24, 2.45) is 5.92 Å². The molecule has 1 aromatic heterocycles. The summed E-state index contributed by atoms with van der Waals surface area (Å²) in [6, 6.07) is 2.90. The van der Waals surface area contributed by atoms with Crippen molar-refractivity contribution < 1.29 is 14.7 Å². The molecule has 0 aliphatic heterocycles. The first-order valence-electron chi connectivity index (χ1n) is 7.52. The summed E-state index contributed by atoms with van der Waals surface area (Å²) < 4.78 is 0. The van der Waals surface area contributed by atoms with Gasteiger partial charge >= 0.3 is 5.97 Å². The molecule has 0 atom stereocenters. The van der Waals surface area contributed by atoms with E-state index in [1.807, 2.05) is 0 Å². The standard InChI is InChI=1S/C16H22N2O3/c1-18(10-8-12-5-3-2-4-6-12)15(19)13-7-9-17-14(11-13)16(20)21/h7,9,11-12H,2-6,8,10H2,1H3,(H,20,21). The van der Waals surface area contributed by atoms with Crippen molar-refractivity contribution in [2.45, 2.75) is 38.5 Å². The van der Waals surface area contributed by atoms with Gasteiger partial charge in [0, 0.05) is 25.4 Å². The summed E-state index contributed by atoms with van der Waals surface area (Å²) in [5, 5.41) is 8.92. The van der Waals surface area contributed by atoms with Gasteiger partial charge in [0.15, 0.2) is 0 Å². The van der Waals surface area contributed by atoms with E-state index in [1.165, 1.54) is 44.4 Å². The minimum absolute atomic E-state index is 0.0958. The molecule has 5 heteroatoms. The molecular weight excluding hydrogens is 268 g/mol. The molecule has 0 radical (unpaired) electrons.